The summed E-state index contributed by atoms with van der Waals surface area (Å²) >= 11 is 0. The zero-order valence-corrected chi connectivity index (χ0v) is 29.8. The lowest BCUT2D eigenvalue weighted by Crippen LogP contribution is -2.70. The van der Waals surface area contributed by atoms with E-state index in [2.05, 4.69) is 38.2 Å². The highest BCUT2D eigenvalue weighted by Crippen LogP contribution is 2.65. The van der Waals surface area contributed by atoms with E-state index in [0.29, 0.717) is 72.6 Å². The van der Waals surface area contributed by atoms with Crippen LogP contribution in [0.2, 0.25) is 0 Å². The van der Waals surface area contributed by atoms with Gasteiger partial charge in [0.15, 0.2) is 46.8 Å². The van der Waals surface area contributed by atoms with Gasteiger partial charge in [-0.1, -0.05) is 12.1 Å². The lowest BCUT2D eigenvalue weighted by atomic mass is 9.51. The Morgan fingerprint density at radius 3 is 1.96 bits per heavy atom. The van der Waals surface area contributed by atoms with Gasteiger partial charge in [-0.05, 0) is 81.3 Å². The summed E-state index contributed by atoms with van der Waals surface area (Å²) < 4.78 is 25.7. The number of ether oxygens (including phenoxy) is 4. The average Bonchev–Trinajstić information content (AvgIpc) is 3.65. The van der Waals surface area contributed by atoms with Crippen molar-refractivity contribution < 1.29 is 42.6 Å². The number of nitrogens with zero attached hydrogens (tertiary/aromatic N) is 2. The fourth-order valence-corrected chi connectivity index (χ4v) is 12.4. The van der Waals surface area contributed by atoms with Crippen molar-refractivity contribution >= 4 is 23.5 Å². The number of hydrogen-bond donors (Lipinski definition) is 0. The van der Waals surface area contributed by atoms with Crippen molar-refractivity contribution in [1.29, 1.82) is 0 Å². The molecule has 4 bridgehead atoms. The molecule has 4 fully saturated rings. The van der Waals surface area contributed by atoms with Crippen LogP contribution in [-0.4, -0.2) is 91.4 Å². The number of carbonyl (C=O) groups is 4. The minimum absolute atomic E-state index is 0.143. The van der Waals surface area contributed by atoms with Gasteiger partial charge in [0.2, 0.25) is 0 Å². The van der Waals surface area contributed by atoms with Gasteiger partial charge in [-0.25, -0.2) is 0 Å². The van der Waals surface area contributed by atoms with Crippen LogP contribution >= 0.6 is 0 Å². The van der Waals surface area contributed by atoms with Crippen molar-refractivity contribution in [1.82, 2.24) is 4.90 Å². The van der Waals surface area contributed by atoms with Gasteiger partial charge in [0.25, 0.3) is 0 Å². The first-order valence-electron chi connectivity index (χ1n) is 19.2. The highest BCUT2D eigenvalue weighted by atomic mass is 16.6. The molecule has 0 radical (unpaired) electrons. The minimum atomic E-state index is -0.505. The molecule has 0 aromatic heterocycles. The van der Waals surface area contributed by atoms with E-state index in [1.54, 1.807) is 0 Å². The lowest BCUT2D eigenvalue weighted by Gasteiger charge is -2.59. The van der Waals surface area contributed by atoms with E-state index in [1.165, 1.54) is 11.1 Å². The second-order valence-corrected chi connectivity index (χ2v) is 17.3. The number of likely N-dealkylation sites (tertiary alicyclic amines) is 2. The van der Waals surface area contributed by atoms with Gasteiger partial charge in [0, 0.05) is 67.0 Å². The zero-order valence-electron chi connectivity index (χ0n) is 29.8. The molecule has 4 unspecified atom stereocenters. The number of quaternary nitrogens is 1. The van der Waals surface area contributed by atoms with Crippen LogP contribution in [0.5, 0.6) is 23.0 Å². The van der Waals surface area contributed by atoms with Gasteiger partial charge < -0.3 is 28.3 Å². The van der Waals surface area contributed by atoms with Crippen molar-refractivity contribution in [2.75, 3.05) is 34.2 Å². The van der Waals surface area contributed by atoms with E-state index in [0.717, 1.165) is 67.2 Å². The summed E-state index contributed by atoms with van der Waals surface area (Å²) in [6.07, 6.45) is 6.63. The molecule has 2 aromatic carbocycles. The number of likely N-dealkylation sites (N-methyl/N-ethyl adjacent to an activating group) is 2. The van der Waals surface area contributed by atoms with E-state index < -0.39 is 12.2 Å². The van der Waals surface area contributed by atoms with Crippen LogP contribution in [0.25, 0.3) is 0 Å². The monoisotopic (exact) mass is 695 g/mol. The molecule has 2 saturated carbocycles. The van der Waals surface area contributed by atoms with Crippen molar-refractivity contribution in [3.05, 3.63) is 46.5 Å². The molecular formula is C41H47N2O8+. The molecular weight excluding hydrogens is 648 g/mol. The van der Waals surface area contributed by atoms with Crippen LogP contribution < -0.4 is 18.9 Å². The van der Waals surface area contributed by atoms with Crippen LogP contribution in [0.3, 0.4) is 0 Å². The van der Waals surface area contributed by atoms with Crippen molar-refractivity contribution in [3.8, 4) is 23.0 Å². The largest absolute Gasteiger partial charge is 0.477 e. The molecule has 8 atom stereocenters. The maximum Gasteiger partial charge on any atom is 0.311 e. The zero-order chi connectivity index (χ0) is 35.0. The molecule has 0 N–H and O–H groups in total. The number of ketones is 2. The second-order valence-electron chi connectivity index (χ2n) is 17.3. The van der Waals surface area contributed by atoms with Crippen LogP contribution in [0.15, 0.2) is 24.3 Å². The number of rotatable bonds is 7. The molecule has 2 saturated heterocycles. The van der Waals surface area contributed by atoms with Gasteiger partial charge in [0.05, 0.1) is 32.1 Å². The first kappa shape index (κ1) is 31.9. The third kappa shape index (κ3) is 4.23. The molecule has 10 rings (SSSR count). The average molecular weight is 696 g/mol. The normalized spacial score (nSPS) is 35.7. The molecule has 4 aliphatic carbocycles. The quantitative estimate of drug-likeness (QED) is 0.181. The predicted molar refractivity (Wildman–Crippen MR) is 184 cm³/mol. The summed E-state index contributed by atoms with van der Waals surface area (Å²) in [5.41, 5.74) is 3.97. The van der Waals surface area contributed by atoms with E-state index in [9.17, 15) is 19.2 Å². The number of piperidine rings is 2. The van der Waals surface area contributed by atoms with Crippen LogP contribution in [-0.2, 0) is 42.8 Å². The van der Waals surface area contributed by atoms with E-state index >= 15 is 0 Å². The molecule has 4 aliphatic heterocycles. The Balaban J connectivity index is 0.800. The Bertz CT molecular complexity index is 1920. The minimum Gasteiger partial charge on any atom is -0.477 e. The molecule has 4 heterocycles. The van der Waals surface area contributed by atoms with Gasteiger partial charge in [-0.2, -0.15) is 0 Å². The number of unbranched alkanes of at least 4 members (excludes halogenated alkanes) is 1. The fraction of sp³-hybridized carbons (Fsp3) is 0.610. The van der Waals surface area contributed by atoms with Crippen molar-refractivity contribution in [2.24, 2.45) is 11.8 Å². The number of carbonyl (C=O) groups excluding carboxylic acids is 4. The van der Waals surface area contributed by atoms with Gasteiger partial charge >= 0.3 is 11.9 Å². The van der Waals surface area contributed by atoms with Crippen molar-refractivity contribution in [3.63, 3.8) is 0 Å². The standard InChI is InChI=1S/C41H47N2O8/c1-42-18-16-40-24-10-12-28(44)38(40)50-36-30(14-8-22(34(36)40)20-26(24)42)48-32(46)6-4-5-7-33(47)49-31-15-9-23-21-27-25-11-13-29(45)39-41(25,17-19-43(27,2)3)35(23)37(31)51-39/h8-9,14-15,24-27,38-39H,4-7,10-13,16-21H2,1-3H3/q+1/t24?,25?,26?,27?,38-,39-,40-,41-/m0/s1. The highest BCUT2D eigenvalue weighted by Gasteiger charge is 2.69. The molecule has 8 aliphatic rings. The first-order valence-corrected chi connectivity index (χ1v) is 19.2. The molecule has 2 spiro atoms. The maximum absolute atomic E-state index is 13.3. The van der Waals surface area contributed by atoms with Gasteiger partial charge in [-0.3, -0.25) is 19.2 Å². The van der Waals surface area contributed by atoms with Crippen LogP contribution in [0.4, 0.5) is 0 Å². The van der Waals surface area contributed by atoms with Crippen molar-refractivity contribution in [2.45, 2.75) is 112 Å². The SMILES string of the molecule is CN1CC[C@]23c4c5ccc(OC(=O)CCCCC(=O)Oc6ccc7c8c6O[C@H]6C(=O)CCC9C(C7)[N+](C)(C)CC[C@@]896)c4O[C@H]2C(=O)CCC3C1C5. The Kier molecular flexibility index (Phi) is 6.82. The van der Waals surface area contributed by atoms with Crippen LogP contribution in [0, 0.1) is 11.8 Å². The summed E-state index contributed by atoms with van der Waals surface area (Å²) in [5.74, 6) is 2.22. The van der Waals surface area contributed by atoms with E-state index in [1.807, 2.05) is 12.1 Å². The smallest absolute Gasteiger partial charge is 0.311 e. The van der Waals surface area contributed by atoms with Gasteiger partial charge in [-0.15, -0.1) is 0 Å². The molecule has 268 valence electrons. The number of benzene rings is 2. The third-order valence-corrected chi connectivity index (χ3v) is 14.8. The fourth-order valence-electron chi connectivity index (χ4n) is 12.4. The summed E-state index contributed by atoms with van der Waals surface area (Å²) in [4.78, 5) is 55.1. The molecule has 2 aromatic rings. The number of hydrogen-bond acceptors (Lipinski definition) is 9. The summed E-state index contributed by atoms with van der Waals surface area (Å²) in [5, 5.41) is 0. The second kappa shape index (κ2) is 10.9. The molecule has 51 heavy (non-hydrogen) atoms. The number of esters is 2. The first-order chi connectivity index (χ1) is 24.5. The maximum atomic E-state index is 13.3. The molecule has 10 nitrogen and oxygen atoms in total. The Hall–Kier alpha value is -3.76. The third-order valence-electron chi connectivity index (χ3n) is 14.8. The van der Waals surface area contributed by atoms with Gasteiger partial charge in [0.1, 0.15) is 0 Å². The summed E-state index contributed by atoms with van der Waals surface area (Å²) in [6.45, 7) is 1.90. The Labute approximate surface area is 298 Å². The number of Topliss-reactive ketones (excluding diaryl/α,β-unsaturated/α-hetero) is 2. The van der Waals surface area contributed by atoms with E-state index in [-0.39, 0.29) is 47.2 Å². The summed E-state index contributed by atoms with van der Waals surface area (Å²) in [7, 11) is 6.80. The predicted octanol–water partition coefficient (Wildman–Crippen LogP) is 4.38. The van der Waals surface area contributed by atoms with Crippen LogP contribution in [0.1, 0.15) is 86.5 Å². The molecule has 0 amide bonds. The topological polar surface area (TPSA) is 108 Å². The Morgan fingerprint density at radius 1 is 0.804 bits per heavy atom. The lowest BCUT2D eigenvalue weighted by molar-refractivity contribution is -0.927. The summed E-state index contributed by atoms with van der Waals surface area (Å²) in [6, 6.07) is 8.62. The molecule has 10 heteroatoms. The highest BCUT2D eigenvalue weighted by molar-refractivity contribution is 5.90. The van der Waals surface area contributed by atoms with E-state index in [4.69, 9.17) is 18.9 Å². The Morgan fingerprint density at radius 2 is 1.35 bits per heavy atom.